The minimum absolute atomic E-state index is 0.0198. The van der Waals surface area contributed by atoms with E-state index in [4.69, 9.17) is 65.4 Å². The van der Waals surface area contributed by atoms with Crippen LogP contribution in [0.1, 0.15) is 45.2 Å². The first-order valence-corrected chi connectivity index (χ1v) is 27.0. The molecule has 0 aromatic heterocycles. The van der Waals surface area contributed by atoms with Gasteiger partial charge in [-0.25, -0.2) is 26.3 Å². The van der Waals surface area contributed by atoms with Gasteiger partial charge in [-0.1, -0.05) is 70.7 Å². The molecule has 382 valence electrons. The van der Waals surface area contributed by atoms with E-state index in [0.717, 1.165) is 46.5 Å². The molecule has 0 spiro atoms. The molecule has 0 aliphatic carbocycles. The Kier molecular flexibility index (Phi) is 21.1. The fourth-order valence-corrected chi connectivity index (χ4v) is 11.3. The van der Waals surface area contributed by atoms with Crippen molar-refractivity contribution in [2.24, 2.45) is 0 Å². The molecule has 2 aliphatic rings. The largest absolute Gasteiger partial charge is 0.378 e. The lowest BCUT2D eigenvalue weighted by Crippen LogP contribution is -2.47. The predicted octanol–water partition coefficient (Wildman–Crippen LogP) is 4.37. The SMILES string of the molecule is CN1Cc2c(Cl)cc(Cl)cc2C(c2ccc(S(=O)(=O)NCCOCCOCCNC(=O)C(O)C(=O)NCCOCCOCCNS(=O)(=O)c3ccc(C4CN(C)Cc5c(Cl)cc(Cl)cc54)cc3)cc2)C1. The van der Waals surface area contributed by atoms with Crippen LogP contribution in [0.15, 0.2) is 82.6 Å². The van der Waals surface area contributed by atoms with E-state index in [9.17, 15) is 31.5 Å². The van der Waals surface area contributed by atoms with Crippen molar-refractivity contribution in [3.8, 4) is 0 Å². The summed E-state index contributed by atoms with van der Waals surface area (Å²) in [6, 6.07) is 20.8. The monoisotopic (exact) mass is 1090 g/mol. The van der Waals surface area contributed by atoms with E-state index < -0.39 is 38.0 Å². The van der Waals surface area contributed by atoms with E-state index in [2.05, 4.69) is 29.9 Å². The number of benzene rings is 4. The standard InChI is InChI=1S/C47H58Cl4N6O11S2/c1-56-27-39(37-23-33(48)25-43(50)41(37)29-56)31-3-7-35(8-4-31)69(61,62)54-13-17-67-21-19-65-15-11-52-46(59)45(58)47(60)53-12-16-66-20-22-68-18-14-55-70(63,64)36-9-5-32(6-10-36)40-28-57(2)30-42-38(40)24-34(49)26-44(42)51/h3-10,23-26,39-40,45,54-55,58H,11-22,27-30H2,1-2H3,(H,52,59)(H,53,60). The molecule has 17 nitrogen and oxygen atoms in total. The number of sulfonamides is 2. The number of aliphatic hydroxyl groups excluding tert-OH is 1. The Morgan fingerprint density at radius 1 is 0.571 bits per heavy atom. The normalized spacial score (nSPS) is 16.9. The Bertz CT molecular complexity index is 2460. The number of amides is 2. The van der Waals surface area contributed by atoms with Crippen molar-refractivity contribution in [3.05, 3.63) is 126 Å². The van der Waals surface area contributed by atoms with Crippen molar-refractivity contribution in [2.45, 2.75) is 40.8 Å². The van der Waals surface area contributed by atoms with Crippen LogP contribution in [0.4, 0.5) is 0 Å². The molecular formula is C47H58Cl4N6O11S2. The van der Waals surface area contributed by atoms with Crippen LogP contribution in [0, 0.1) is 0 Å². The number of likely N-dealkylation sites (N-methyl/N-ethyl adjacent to an activating group) is 2. The van der Waals surface area contributed by atoms with Crippen molar-refractivity contribution in [3.63, 3.8) is 0 Å². The maximum absolute atomic E-state index is 12.9. The zero-order chi connectivity index (χ0) is 50.4. The highest BCUT2D eigenvalue weighted by Crippen LogP contribution is 2.40. The second-order valence-electron chi connectivity index (χ2n) is 16.8. The maximum atomic E-state index is 12.9. The van der Waals surface area contributed by atoms with Crippen LogP contribution in [0.5, 0.6) is 0 Å². The van der Waals surface area contributed by atoms with Crippen LogP contribution in [0.25, 0.3) is 0 Å². The molecule has 2 atom stereocenters. The molecule has 70 heavy (non-hydrogen) atoms. The van der Waals surface area contributed by atoms with Crippen LogP contribution in [0.2, 0.25) is 20.1 Å². The van der Waals surface area contributed by atoms with Gasteiger partial charge in [0.25, 0.3) is 11.8 Å². The third-order valence-corrected chi connectivity index (χ3v) is 15.6. The average molecular weight is 1090 g/mol. The van der Waals surface area contributed by atoms with Crippen molar-refractivity contribution >= 4 is 78.3 Å². The number of hydrogen-bond acceptors (Lipinski definition) is 13. The van der Waals surface area contributed by atoms with Crippen LogP contribution in [0.3, 0.4) is 0 Å². The van der Waals surface area contributed by atoms with E-state index in [1.807, 2.05) is 26.2 Å². The van der Waals surface area contributed by atoms with Crippen LogP contribution >= 0.6 is 46.4 Å². The van der Waals surface area contributed by atoms with Gasteiger partial charge in [-0.15, -0.1) is 0 Å². The van der Waals surface area contributed by atoms with Crippen LogP contribution in [-0.4, -0.2) is 156 Å². The molecule has 0 radical (unpaired) electrons. The minimum atomic E-state index is -3.79. The number of fused-ring (bicyclic) bond motifs is 2. The molecular weight excluding hydrogens is 1030 g/mol. The summed E-state index contributed by atoms with van der Waals surface area (Å²) in [5, 5.41) is 17.2. The number of nitrogens with zero attached hydrogens (tertiary/aromatic N) is 2. The number of carbonyl (C=O) groups is 2. The second-order valence-corrected chi connectivity index (χ2v) is 22.0. The molecule has 5 N–H and O–H groups in total. The molecule has 0 saturated heterocycles. The Morgan fingerprint density at radius 2 is 0.914 bits per heavy atom. The fourth-order valence-electron chi connectivity index (χ4n) is 8.13. The summed E-state index contributed by atoms with van der Waals surface area (Å²) in [6.07, 6.45) is -1.94. The first-order chi connectivity index (χ1) is 33.4. The minimum Gasteiger partial charge on any atom is -0.378 e. The van der Waals surface area contributed by atoms with E-state index in [1.165, 1.54) is 0 Å². The van der Waals surface area contributed by atoms with E-state index >= 15 is 0 Å². The molecule has 2 aliphatic heterocycles. The van der Waals surface area contributed by atoms with Gasteiger partial charge in [0.05, 0.1) is 62.6 Å². The third kappa shape index (κ3) is 15.8. The number of ether oxygens (including phenoxy) is 4. The van der Waals surface area contributed by atoms with Crippen LogP contribution < -0.4 is 20.1 Å². The van der Waals surface area contributed by atoms with Crippen LogP contribution in [-0.2, 0) is 61.7 Å². The first-order valence-electron chi connectivity index (χ1n) is 22.5. The molecule has 0 fully saturated rings. The van der Waals surface area contributed by atoms with Gasteiger partial charge in [0.15, 0.2) is 0 Å². The summed E-state index contributed by atoms with van der Waals surface area (Å²) < 4.78 is 78.4. The average Bonchev–Trinajstić information content (AvgIpc) is 3.32. The summed E-state index contributed by atoms with van der Waals surface area (Å²) in [5.41, 5.74) is 5.98. The highest BCUT2D eigenvalue weighted by Gasteiger charge is 2.29. The molecule has 0 bridgehead atoms. The van der Waals surface area contributed by atoms with E-state index in [1.54, 1.807) is 60.7 Å². The van der Waals surface area contributed by atoms with Gasteiger partial charge in [0.1, 0.15) is 0 Å². The number of carbonyl (C=O) groups excluding carboxylic acids is 2. The zero-order valence-electron chi connectivity index (χ0n) is 38.7. The number of halogens is 4. The van der Waals surface area contributed by atoms with Crippen molar-refractivity contribution < 1.29 is 50.5 Å². The summed E-state index contributed by atoms with van der Waals surface area (Å²) in [7, 11) is -3.56. The number of hydrogen-bond donors (Lipinski definition) is 5. The topological polar surface area (TPSA) is 214 Å². The highest BCUT2D eigenvalue weighted by atomic mass is 35.5. The van der Waals surface area contributed by atoms with Gasteiger partial charge >= 0.3 is 0 Å². The Balaban J connectivity index is 0.750. The van der Waals surface area contributed by atoms with Gasteiger partial charge in [0, 0.05) is 84.3 Å². The Labute approximate surface area is 429 Å². The van der Waals surface area contributed by atoms with Gasteiger partial charge < -0.3 is 44.5 Å². The van der Waals surface area contributed by atoms with Gasteiger partial charge in [-0.2, -0.15) is 0 Å². The Hall–Kier alpha value is -3.48. The molecule has 23 heteroatoms. The van der Waals surface area contributed by atoms with Crippen molar-refractivity contribution in [2.75, 3.05) is 106 Å². The van der Waals surface area contributed by atoms with Gasteiger partial charge in [-0.3, -0.25) is 9.59 Å². The molecule has 2 amide bonds. The van der Waals surface area contributed by atoms with Gasteiger partial charge in [-0.05, 0) is 96.0 Å². The summed E-state index contributed by atoms with van der Waals surface area (Å²) >= 11 is 25.6. The van der Waals surface area contributed by atoms with Crippen molar-refractivity contribution in [1.82, 2.24) is 29.9 Å². The molecule has 2 heterocycles. The highest BCUT2D eigenvalue weighted by molar-refractivity contribution is 7.89. The van der Waals surface area contributed by atoms with Crippen molar-refractivity contribution in [1.29, 1.82) is 0 Å². The summed E-state index contributed by atoms with van der Waals surface area (Å²) in [4.78, 5) is 29.0. The van der Waals surface area contributed by atoms with E-state index in [-0.39, 0.29) is 101 Å². The molecule has 4 aromatic rings. The second kappa shape index (κ2) is 26.5. The lowest BCUT2D eigenvalue weighted by molar-refractivity contribution is -0.141. The zero-order valence-corrected chi connectivity index (χ0v) is 43.4. The fraction of sp³-hybridized carbons (Fsp3) is 0.447. The number of aliphatic hydroxyl groups is 1. The maximum Gasteiger partial charge on any atom is 0.258 e. The lowest BCUT2D eigenvalue weighted by atomic mass is 9.85. The summed E-state index contributed by atoms with van der Waals surface area (Å²) in [5.74, 6) is -1.85. The molecule has 0 saturated carbocycles. The lowest BCUT2D eigenvalue weighted by Gasteiger charge is -2.33. The smallest absolute Gasteiger partial charge is 0.258 e. The molecule has 6 rings (SSSR count). The van der Waals surface area contributed by atoms with E-state index in [0.29, 0.717) is 33.2 Å². The van der Waals surface area contributed by atoms with Gasteiger partial charge in [0.2, 0.25) is 26.2 Å². The summed E-state index contributed by atoms with van der Waals surface area (Å²) in [6.45, 7) is 3.95. The predicted molar refractivity (Wildman–Crippen MR) is 268 cm³/mol. The first kappa shape index (κ1) is 55.8. The Morgan fingerprint density at radius 3 is 1.27 bits per heavy atom. The molecule has 4 aromatic carbocycles. The number of nitrogens with one attached hydrogen (secondary N) is 4. The quantitative estimate of drug-likeness (QED) is 0.0437. The third-order valence-electron chi connectivity index (χ3n) is 11.6. The molecule has 2 unspecified atom stereocenters. The number of rotatable bonds is 26.